The monoisotopic (exact) mass is 517 g/mol. The molecule has 0 bridgehead atoms. The van der Waals surface area contributed by atoms with Crippen LogP contribution in [0.1, 0.15) is 49.8 Å². The average molecular weight is 517 g/mol. The van der Waals surface area contributed by atoms with E-state index in [0.29, 0.717) is 42.6 Å². The molecule has 0 radical (unpaired) electrons. The number of nitrogens with one attached hydrogen (secondary N) is 1. The largest absolute Gasteiger partial charge is 0.450 e. The van der Waals surface area contributed by atoms with Gasteiger partial charge in [-0.15, -0.1) is 0 Å². The smallest absolute Gasteiger partial charge is 0.409 e. The van der Waals surface area contributed by atoms with Crippen LogP contribution >= 0.6 is 0 Å². The van der Waals surface area contributed by atoms with E-state index < -0.39 is 48.8 Å². The van der Waals surface area contributed by atoms with Crippen LogP contribution in [0.3, 0.4) is 0 Å². The first-order valence-electron chi connectivity index (χ1n) is 11.2. The van der Waals surface area contributed by atoms with Crippen molar-refractivity contribution in [2.45, 2.75) is 46.2 Å². The maximum absolute atomic E-state index is 13.2. The van der Waals surface area contributed by atoms with Gasteiger partial charge < -0.3 is 19.9 Å². The Morgan fingerprint density at radius 2 is 1.69 bits per heavy atom. The molecule has 3 heterocycles. The van der Waals surface area contributed by atoms with E-state index in [9.17, 15) is 31.9 Å². The Bertz CT molecular complexity index is 1100. The van der Waals surface area contributed by atoms with Crippen LogP contribution in [-0.2, 0) is 20.9 Å². The maximum atomic E-state index is 13.2. The number of amides is 3. The number of anilines is 1. The summed E-state index contributed by atoms with van der Waals surface area (Å²) in [5.41, 5.74) is -1.06. The molecule has 15 heteroatoms. The zero-order valence-electron chi connectivity index (χ0n) is 20.0. The first kappa shape index (κ1) is 26.9. The minimum Gasteiger partial charge on any atom is -0.450 e. The number of piperazine rings is 1. The van der Waals surface area contributed by atoms with Crippen molar-refractivity contribution < 1.29 is 36.7 Å². The van der Waals surface area contributed by atoms with Crippen LogP contribution in [0.2, 0.25) is 0 Å². The Labute approximate surface area is 204 Å². The fourth-order valence-corrected chi connectivity index (χ4v) is 3.69. The second-order valence-electron chi connectivity index (χ2n) is 8.10. The molecule has 2 aromatic rings. The number of nitrogens with zero attached hydrogens (tertiary/aromatic N) is 6. The number of carbonyl (C=O) groups excluding carboxylic acids is 3. The van der Waals surface area contributed by atoms with E-state index in [1.807, 2.05) is 0 Å². The lowest BCUT2D eigenvalue weighted by molar-refractivity contribution is -0.136. The highest BCUT2D eigenvalue weighted by Crippen LogP contribution is 2.25. The summed E-state index contributed by atoms with van der Waals surface area (Å²) >= 11 is 0. The van der Waals surface area contributed by atoms with Gasteiger partial charge in [-0.3, -0.25) is 19.0 Å². The second-order valence-corrected chi connectivity index (χ2v) is 8.10. The predicted octanol–water partition coefficient (Wildman–Crippen LogP) is 2.76. The summed E-state index contributed by atoms with van der Waals surface area (Å²) in [6, 6.07) is -0.167. The molecule has 1 aliphatic rings. The molecular weight excluding hydrogens is 490 g/mol. The zero-order valence-corrected chi connectivity index (χ0v) is 20.0. The lowest BCUT2D eigenvalue weighted by Gasteiger charge is -2.35. The van der Waals surface area contributed by atoms with E-state index in [1.165, 1.54) is 15.8 Å². The molecule has 2 aromatic heterocycles. The third-order valence-corrected chi connectivity index (χ3v) is 5.63. The summed E-state index contributed by atoms with van der Waals surface area (Å²) in [5.74, 6) is -1.02. The van der Waals surface area contributed by atoms with E-state index >= 15 is 0 Å². The van der Waals surface area contributed by atoms with Gasteiger partial charge in [0.15, 0.2) is 0 Å². The average Bonchev–Trinajstić information content (AvgIpc) is 3.42. The van der Waals surface area contributed by atoms with Crippen LogP contribution in [0.25, 0.3) is 0 Å². The van der Waals surface area contributed by atoms with Gasteiger partial charge in [-0.1, -0.05) is 0 Å². The van der Waals surface area contributed by atoms with Gasteiger partial charge in [-0.2, -0.15) is 10.2 Å². The van der Waals surface area contributed by atoms with Crippen molar-refractivity contribution in [1.29, 1.82) is 0 Å². The van der Waals surface area contributed by atoms with E-state index in [0.717, 1.165) is 0 Å². The number of halogens is 4. The SMILES string of the molecule is CCOC(=O)N1CCN(C(=O)C(C)n2cc(NC(=O)Cn3nc(C(F)F)cc3C(F)F)c(C)n2)CC1. The maximum Gasteiger partial charge on any atom is 0.409 e. The highest BCUT2D eigenvalue weighted by atomic mass is 19.3. The number of hydrogen-bond donors (Lipinski definition) is 1. The molecule has 3 rings (SSSR count). The molecular formula is C21H27F4N7O4. The van der Waals surface area contributed by atoms with Crippen LogP contribution in [0.4, 0.5) is 28.0 Å². The second kappa shape index (κ2) is 11.4. The summed E-state index contributed by atoms with van der Waals surface area (Å²) in [6.07, 6.45) is -5.15. The minimum atomic E-state index is -3.09. The fourth-order valence-electron chi connectivity index (χ4n) is 3.69. The molecule has 11 nitrogen and oxygen atoms in total. The Morgan fingerprint density at radius 1 is 1.06 bits per heavy atom. The van der Waals surface area contributed by atoms with Crippen molar-refractivity contribution in [2.75, 3.05) is 38.1 Å². The van der Waals surface area contributed by atoms with Crippen LogP contribution < -0.4 is 5.32 Å². The quantitative estimate of drug-likeness (QED) is 0.539. The number of rotatable bonds is 8. The van der Waals surface area contributed by atoms with E-state index in [4.69, 9.17) is 4.74 Å². The summed E-state index contributed by atoms with van der Waals surface area (Å²) in [6.45, 7) is 5.78. The Balaban J connectivity index is 1.62. The topological polar surface area (TPSA) is 115 Å². The number of alkyl halides is 4. The lowest BCUT2D eigenvalue weighted by atomic mass is 10.2. The van der Waals surface area contributed by atoms with E-state index in [-0.39, 0.29) is 18.2 Å². The first-order chi connectivity index (χ1) is 17.0. The van der Waals surface area contributed by atoms with Gasteiger partial charge in [-0.25, -0.2) is 22.4 Å². The van der Waals surface area contributed by atoms with Crippen LogP contribution in [-0.4, -0.2) is 80.1 Å². The van der Waals surface area contributed by atoms with Gasteiger partial charge in [0.1, 0.15) is 24.0 Å². The van der Waals surface area contributed by atoms with Gasteiger partial charge >= 0.3 is 6.09 Å². The molecule has 0 aliphatic carbocycles. The van der Waals surface area contributed by atoms with Gasteiger partial charge in [-0.05, 0) is 26.8 Å². The van der Waals surface area contributed by atoms with Crippen molar-refractivity contribution in [1.82, 2.24) is 29.4 Å². The van der Waals surface area contributed by atoms with E-state index in [1.54, 1.807) is 25.7 Å². The van der Waals surface area contributed by atoms with Gasteiger partial charge in [0.05, 0.1) is 18.0 Å². The number of carbonyl (C=O) groups is 3. The molecule has 1 unspecified atom stereocenters. The standard InChI is InChI=1S/C21H27F4N7O4/c1-4-36-21(35)30-7-5-29(6-8-30)20(34)13(3)31-10-15(12(2)27-31)26-17(33)11-32-16(19(24)25)9-14(28-32)18(22)23/h9-10,13,18-19H,4-8,11H2,1-3H3,(H,26,33). The van der Waals surface area contributed by atoms with Gasteiger partial charge in [0.25, 0.3) is 12.9 Å². The first-order valence-corrected chi connectivity index (χ1v) is 11.2. The number of hydrogen-bond acceptors (Lipinski definition) is 6. The Kier molecular flexibility index (Phi) is 8.53. The molecule has 1 N–H and O–H groups in total. The molecule has 0 aromatic carbocycles. The summed E-state index contributed by atoms with van der Waals surface area (Å²) in [4.78, 5) is 40.3. The summed E-state index contributed by atoms with van der Waals surface area (Å²) < 4.78 is 58.8. The predicted molar refractivity (Wildman–Crippen MR) is 118 cm³/mol. The normalized spacial score (nSPS) is 14.9. The molecule has 0 spiro atoms. The highest BCUT2D eigenvalue weighted by molar-refractivity contribution is 5.91. The molecule has 3 amide bonds. The third kappa shape index (κ3) is 6.12. The summed E-state index contributed by atoms with van der Waals surface area (Å²) in [7, 11) is 0. The third-order valence-electron chi connectivity index (χ3n) is 5.63. The molecule has 198 valence electrons. The van der Waals surface area contributed by atoms with Crippen molar-refractivity contribution >= 4 is 23.6 Å². The molecule has 36 heavy (non-hydrogen) atoms. The molecule has 1 fully saturated rings. The molecule has 1 saturated heterocycles. The number of aryl methyl sites for hydroxylation is 1. The van der Waals surface area contributed by atoms with Crippen molar-refractivity contribution in [3.63, 3.8) is 0 Å². The van der Waals surface area contributed by atoms with Crippen molar-refractivity contribution in [3.05, 3.63) is 29.3 Å². The van der Waals surface area contributed by atoms with E-state index in [2.05, 4.69) is 15.5 Å². The highest BCUT2D eigenvalue weighted by Gasteiger charge is 2.29. The zero-order chi connectivity index (χ0) is 26.6. The number of ether oxygens (including phenoxy) is 1. The Hall–Kier alpha value is -3.65. The van der Waals surface area contributed by atoms with Crippen molar-refractivity contribution in [3.8, 4) is 0 Å². The van der Waals surface area contributed by atoms with Crippen molar-refractivity contribution in [2.24, 2.45) is 0 Å². The molecule has 1 aliphatic heterocycles. The van der Waals surface area contributed by atoms with Gasteiger partial charge in [0.2, 0.25) is 11.8 Å². The number of aromatic nitrogens is 4. The Morgan fingerprint density at radius 3 is 2.28 bits per heavy atom. The van der Waals surface area contributed by atoms with Crippen LogP contribution in [0.5, 0.6) is 0 Å². The molecule has 1 atom stereocenters. The van der Waals surface area contributed by atoms with Crippen LogP contribution in [0.15, 0.2) is 12.3 Å². The summed E-state index contributed by atoms with van der Waals surface area (Å²) in [5, 5.41) is 10.1. The fraction of sp³-hybridized carbons (Fsp3) is 0.571. The van der Waals surface area contributed by atoms with Gasteiger partial charge in [0, 0.05) is 32.4 Å². The minimum absolute atomic E-state index is 0.228. The lowest BCUT2D eigenvalue weighted by Crippen LogP contribution is -2.52. The molecule has 0 saturated carbocycles. The van der Waals surface area contributed by atoms with Crippen LogP contribution in [0, 0.1) is 6.92 Å².